The zero-order valence-electron chi connectivity index (χ0n) is 15.9. The lowest BCUT2D eigenvalue weighted by Crippen LogP contribution is -2.13. The first-order valence-corrected chi connectivity index (χ1v) is 8.92. The van der Waals surface area contributed by atoms with Gasteiger partial charge in [-0.2, -0.15) is 15.3 Å². The topological polar surface area (TPSA) is 179 Å². The lowest BCUT2D eigenvalue weighted by Gasteiger charge is -2.04. The number of pyridine rings is 1. The average molecular weight is 396 g/mol. The Morgan fingerprint density at radius 2 is 2.14 bits per heavy atom. The van der Waals surface area contributed by atoms with Gasteiger partial charge in [-0.3, -0.25) is 19.3 Å². The van der Waals surface area contributed by atoms with Crippen LogP contribution in [0.4, 0.5) is 0 Å². The Labute approximate surface area is 164 Å². The van der Waals surface area contributed by atoms with Gasteiger partial charge in [0.1, 0.15) is 22.8 Å². The number of primary amides is 1. The molecule has 4 aromatic rings. The molecule has 4 aromatic heterocycles. The number of hydrogen-bond acceptors (Lipinski definition) is 8. The van der Waals surface area contributed by atoms with Crippen LogP contribution in [0.1, 0.15) is 22.6 Å². The summed E-state index contributed by atoms with van der Waals surface area (Å²) in [5.74, 6) is -0.108. The molecule has 0 unspecified atom stereocenters. The van der Waals surface area contributed by atoms with E-state index < -0.39 is 5.91 Å². The van der Waals surface area contributed by atoms with Crippen molar-refractivity contribution in [1.29, 1.82) is 0 Å². The summed E-state index contributed by atoms with van der Waals surface area (Å²) in [6.45, 7) is 2.70. The lowest BCUT2D eigenvalue weighted by molar-refractivity contribution is 0.0996. The van der Waals surface area contributed by atoms with Gasteiger partial charge in [-0.05, 0) is 26.0 Å². The molecule has 0 saturated heterocycles. The third-order valence-electron chi connectivity index (χ3n) is 4.59. The van der Waals surface area contributed by atoms with Gasteiger partial charge in [0.15, 0.2) is 11.6 Å². The molecule has 0 aliphatic heterocycles. The molecule has 1 amide bonds. The van der Waals surface area contributed by atoms with E-state index in [0.29, 0.717) is 53.3 Å². The Kier molecular flexibility index (Phi) is 4.47. The van der Waals surface area contributed by atoms with Gasteiger partial charge < -0.3 is 16.6 Å². The van der Waals surface area contributed by atoms with Crippen LogP contribution in [0.2, 0.25) is 0 Å². The van der Waals surface area contributed by atoms with Crippen molar-refractivity contribution in [3.05, 3.63) is 23.7 Å². The maximum atomic E-state index is 11.7. The number of aromatic hydroxyl groups is 1. The SMILES string of the molecule is Cc1nn(CCCN)c(-c2n[nH]c(-c3nc(C(N)=O)cc4c3cnn4C)n2)c1O. The van der Waals surface area contributed by atoms with E-state index in [9.17, 15) is 9.90 Å². The summed E-state index contributed by atoms with van der Waals surface area (Å²) >= 11 is 0. The molecule has 150 valence electrons. The quantitative estimate of drug-likeness (QED) is 0.353. The molecule has 6 N–H and O–H groups in total. The van der Waals surface area contributed by atoms with Gasteiger partial charge >= 0.3 is 0 Å². The number of aromatic amines is 1. The van der Waals surface area contributed by atoms with Crippen molar-refractivity contribution >= 4 is 16.8 Å². The number of fused-ring (bicyclic) bond motifs is 1. The average Bonchev–Trinajstić information content (AvgIpc) is 3.38. The third-order valence-corrected chi connectivity index (χ3v) is 4.59. The normalized spacial score (nSPS) is 11.4. The van der Waals surface area contributed by atoms with E-state index in [0.717, 1.165) is 0 Å². The molecular weight excluding hydrogens is 376 g/mol. The molecule has 0 bridgehead atoms. The number of nitrogens with two attached hydrogens (primary N) is 2. The minimum absolute atomic E-state index is 0.00191. The standard InChI is InChI=1S/C17H20N10O2/c1-8-14(28)13(27(25-8)5-3-4-18)17-22-16(23-24-17)12-9-7-20-26(2)11(9)6-10(21-12)15(19)29/h6-7,28H,3-5,18H2,1-2H3,(H2,19,29)(H,22,23,24). The van der Waals surface area contributed by atoms with Crippen molar-refractivity contribution < 1.29 is 9.90 Å². The van der Waals surface area contributed by atoms with Crippen molar-refractivity contribution in [2.45, 2.75) is 19.9 Å². The molecule has 12 heteroatoms. The van der Waals surface area contributed by atoms with Crippen LogP contribution >= 0.6 is 0 Å². The predicted molar refractivity (Wildman–Crippen MR) is 104 cm³/mol. The van der Waals surface area contributed by atoms with E-state index in [4.69, 9.17) is 11.5 Å². The molecule has 0 aliphatic rings. The molecule has 0 fully saturated rings. The maximum absolute atomic E-state index is 11.7. The number of carbonyl (C=O) groups excluding carboxylic acids is 1. The smallest absolute Gasteiger partial charge is 0.267 e. The molecule has 29 heavy (non-hydrogen) atoms. The van der Waals surface area contributed by atoms with Gasteiger partial charge in [0.2, 0.25) is 5.82 Å². The van der Waals surface area contributed by atoms with Crippen molar-refractivity contribution in [2.24, 2.45) is 18.5 Å². The summed E-state index contributed by atoms with van der Waals surface area (Å²) in [6.07, 6.45) is 2.31. The molecule has 0 radical (unpaired) electrons. The van der Waals surface area contributed by atoms with Crippen molar-refractivity contribution in [3.8, 4) is 28.8 Å². The van der Waals surface area contributed by atoms with Crippen molar-refractivity contribution in [1.82, 2.24) is 39.7 Å². The molecule has 0 aromatic carbocycles. The summed E-state index contributed by atoms with van der Waals surface area (Å²) in [6, 6.07) is 1.57. The van der Waals surface area contributed by atoms with Gasteiger partial charge in [-0.15, -0.1) is 0 Å². The highest BCUT2D eigenvalue weighted by atomic mass is 16.3. The molecule has 4 heterocycles. The third kappa shape index (κ3) is 3.08. The second-order valence-corrected chi connectivity index (χ2v) is 6.58. The first-order chi connectivity index (χ1) is 13.9. The number of amides is 1. The van der Waals surface area contributed by atoms with Gasteiger partial charge in [0.25, 0.3) is 5.91 Å². The van der Waals surface area contributed by atoms with E-state index in [1.54, 1.807) is 35.6 Å². The largest absolute Gasteiger partial charge is 0.504 e. The summed E-state index contributed by atoms with van der Waals surface area (Å²) in [5, 5.41) is 26.7. The van der Waals surface area contributed by atoms with Crippen molar-refractivity contribution in [2.75, 3.05) is 6.54 Å². The number of nitrogens with zero attached hydrogens (tertiary/aromatic N) is 7. The van der Waals surface area contributed by atoms with E-state index in [2.05, 4.69) is 30.4 Å². The molecular formula is C17H20N10O2. The lowest BCUT2D eigenvalue weighted by atomic mass is 10.2. The first-order valence-electron chi connectivity index (χ1n) is 8.92. The zero-order chi connectivity index (χ0) is 20.7. The minimum atomic E-state index is -0.665. The number of hydrogen-bond donors (Lipinski definition) is 4. The van der Waals surface area contributed by atoms with Crippen LogP contribution in [0.5, 0.6) is 5.75 Å². The number of H-pyrrole nitrogens is 1. The summed E-state index contributed by atoms with van der Waals surface area (Å²) in [7, 11) is 1.75. The zero-order valence-corrected chi connectivity index (χ0v) is 15.9. The van der Waals surface area contributed by atoms with Gasteiger partial charge in [-0.25, -0.2) is 9.97 Å². The number of aryl methyl sites for hydroxylation is 3. The van der Waals surface area contributed by atoms with E-state index >= 15 is 0 Å². The Hall–Kier alpha value is -3.80. The van der Waals surface area contributed by atoms with Crippen LogP contribution in [-0.4, -0.2) is 57.3 Å². The van der Waals surface area contributed by atoms with Crippen molar-refractivity contribution in [3.63, 3.8) is 0 Å². The number of aromatic nitrogens is 8. The highest BCUT2D eigenvalue weighted by Crippen LogP contribution is 2.32. The number of nitrogens with one attached hydrogen (secondary N) is 1. The molecule has 0 atom stereocenters. The molecule has 0 aliphatic carbocycles. The second-order valence-electron chi connectivity index (χ2n) is 6.58. The molecule has 12 nitrogen and oxygen atoms in total. The number of carbonyl (C=O) groups is 1. The van der Waals surface area contributed by atoms with Gasteiger partial charge in [0.05, 0.1) is 11.7 Å². The van der Waals surface area contributed by atoms with E-state index in [1.165, 1.54) is 0 Å². The van der Waals surface area contributed by atoms with Crippen LogP contribution in [0, 0.1) is 6.92 Å². The Balaban J connectivity index is 1.85. The van der Waals surface area contributed by atoms with Crippen LogP contribution < -0.4 is 11.5 Å². The Morgan fingerprint density at radius 3 is 2.86 bits per heavy atom. The number of rotatable bonds is 6. The van der Waals surface area contributed by atoms with Gasteiger partial charge in [-0.1, -0.05) is 0 Å². The fourth-order valence-electron chi connectivity index (χ4n) is 3.12. The van der Waals surface area contributed by atoms with Gasteiger partial charge in [0, 0.05) is 19.0 Å². The fraction of sp³-hybridized carbons (Fsp3) is 0.294. The van der Waals surface area contributed by atoms with E-state index in [-0.39, 0.29) is 17.3 Å². The minimum Gasteiger partial charge on any atom is -0.504 e. The monoisotopic (exact) mass is 396 g/mol. The molecule has 0 saturated carbocycles. The Morgan fingerprint density at radius 1 is 1.34 bits per heavy atom. The summed E-state index contributed by atoms with van der Waals surface area (Å²) in [4.78, 5) is 20.5. The van der Waals surface area contributed by atoms with E-state index in [1.807, 2.05) is 0 Å². The van der Waals surface area contributed by atoms with Crippen LogP contribution in [-0.2, 0) is 13.6 Å². The summed E-state index contributed by atoms with van der Waals surface area (Å²) < 4.78 is 3.23. The predicted octanol–water partition coefficient (Wildman–Crippen LogP) is 0.0786. The maximum Gasteiger partial charge on any atom is 0.267 e. The second kappa shape index (κ2) is 6.98. The first kappa shape index (κ1) is 18.6. The molecule has 0 spiro atoms. The van der Waals surface area contributed by atoms with Crippen LogP contribution in [0.3, 0.4) is 0 Å². The van der Waals surface area contributed by atoms with Crippen LogP contribution in [0.15, 0.2) is 12.3 Å². The van der Waals surface area contributed by atoms with Crippen LogP contribution in [0.25, 0.3) is 33.9 Å². The summed E-state index contributed by atoms with van der Waals surface area (Å²) in [5.41, 5.74) is 13.0. The fourth-order valence-corrected chi connectivity index (χ4v) is 3.12. The molecule has 4 rings (SSSR count). The highest BCUT2D eigenvalue weighted by Gasteiger charge is 2.22. The highest BCUT2D eigenvalue weighted by molar-refractivity contribution is 5.98. The Bertz CT molecular complexity index is 1220.